The van der Waals surface area contributed by atoms with Crippen LogP contribution in [0.5, 0.6) is 0 Å². The number of aromatic nitrogens is 1. The molecule has 0 aliphatic carbocycles. The van der Waals surface area contributed by atoms with Gasteiger partial charge in [-0.3, -0.25) is 4.79 Å². The number of hydrogen-bond donors (Lipinski definition) is 1. The molecule has 0 bridgehead atoms. The lowest BCUT2D eigenvalue weighted by molar-refractivity contribution is -0.132. The van der Waals surface area contributed by atoms with E-state index in [1.807, 2.05) is 29.3 Å². The Morgan fingerprint density at radius 1 is 1.29 bits per heavy atom. The lowest BCUT2D eigenvalue weighted by atomic mass is 9.99. The monoisotopic (exact) mass is 329 g/mol. The van der Waals surface area contributed by atoms with Gasteiger partial charge in [-0.2, -0.15) is 0 Å². The first kappa shape index (κ1) is 16.7. The summed E-state index contributed by atoms with van der Waals surface area (Å²) in [6, 6.07) is 10.3. The Morgan fingerprint density at radius 2 is 2.12 bits per heavy atom. The van der Waals surface area contributed by atoms with E-state index in [0.717, 1.165) is 24.3 Å². The van der Waals surface area contributed by atoms with Crippen molar-refractivity contribution in [3.8, 4) is 0 Å². The molecular formula is C19H24FN3O. The van der Waals surface area contributed by atoms with Crippen molar-refractivity contribution in [2.75, 3.05) is 19.6 Å². The topological polar surface area (TPSA) is 37.3 Å². The number of carbonyl (C=O) groups excluding carboxylic acids is 1. The second-order valence-electron chi connectivity index (χ2n) is 6.70. The summed E-state index contributed by atoms with van der Waals surface area (Å²) in [6.45, 7) is 6.74. The molecular weight excluding hydrogens is 305 g/mol. The predicted octanol–water partition coefficient (Wildman–Crippen LogP) is 2.80. The van der Waals surface area contributed by atoms with E-state index in [1.54, 1.807) is 6.07 Å². The third kappa shape index (κ3) is 3.51. The summed E-state index contributed by atoms with van der Waals surface area (Å²) in [5.41, 5.74) is 1.84. The molecule has 2 aromatic rings. The highest BCUT2D eigenvalue weighted by atomic mass is 19.1. The molecule has 4 nitrogen and oxygen atoms in total. The van der Waals surface area contributed by atoms with Crippen molar-refractivity contribution in [1.29, 1.82) is 0 Å². The number of fused-ring (bicyclic) bond motifs is 1. The van der Waals surface area contributed by atoms with Crippen LogP contribution < -0.4 is 5.32 Å². The Morgan fingerprint density at radius 3 is 2.88 bits per heavy atom. The largest absolute Gasteiger partial charge is 0.348 e. The Labute approximate surface area is 142 Å². The zero-order valence-corrected chi connectivity index (χ0v) is 14.2. The Kier molecular flexibility index (Phi) is 5.00. The fraction of sp³-hybridized carbons (Fsp3) is 0.421. The van der Waals surface area contributed by atoms with E-state index >= 15 is 0 Å². The molecule has 1 aromatic heterocycles. The first-order valence-electron chi connectivity index (χ1n) is 8.47. The van der Waals surface area contributed by atoms with Crippen LogP contribution in [0.25, 0.3) is 0 Å². The normalized spacial score (nSPS) is 17.2. The van der Waals surface area contributed by atoms with Crippen molar-refractivity contribution in [2.45, 2.75) is 26.4 Å². The van der Waals surface area contributed by atoms with Gasteiger partial charge in [0, 0.05) is 25.0 Å². The summed E-state index contributed by atoms with van der Waals surface area (Å²) < 4.78 is 15.9. The summed E-state index contributed by atoms with van der Waals surface area (Å²) >= 11 is 0. The zero-order valence-electron chi connectivity index (χ0n) is 14.2. The molecule has 0 fully saturated rings. The van der Waals surface area contributed by atoms with Crippen LogP contribution in [0.2, 0.25) is 0 Å². The highest BCUT2D eigenvalue weighted by molar-refractivity contribution is 5.79. The quantitative estimate of drug-likeness (QED) is 0.916. The molecule has 1 aromatic carbocycles. The SMILES string of the molecule is CC(C)CNCC(=O)N1CCn2cccc2C1c1cccc(F)c1. The van der Waals surface area contributed by atoms with Gasteiger partial charge < -0.3 is 14.8 Å². The van der Waals surface area contributed by atoms with E-state index < -0.39 is 0 Å². The maximum atomic E-state index is 13.7. The van der Waals surface area contributed by atoms with E-state index in [1.165, 1.54) is 12.1 Å². The first-order valence-corrected chi connectivity index (χ1v) is 8.47. The van der Waals surface area contributed by atoms with Crippen molar-refractivity contribution in [2.24, 2.45) is 5.92 Å². The minimum Gasteiger partial charge on any atom is -0.348 e. The molecule has 0 saturated carbocycles. The molecule has 1 amide bonds. The molecule has 1 N–H and O–H groups in total. The van der Waals surface area contributed by atoms with E-state index in [9.17, 15) is 9.18 Å². The molecule has 0 saturated heterocycles. The van der Waals surface area contributed by atoms with Gasteiger partial charge in [-0.25, -0.2) is 4.39 Å². The molecule has 128 valence electrons. The minimum atomic E-state index is -0.276. The average Bonchev–Trinajstić information content (AvgIpc) is 3.01. The van der Waals surface area contributed by atoms with Crippen LogP contribution in [0, 0.1) is 11.7 Å². The van der Waals surface area contributed by atoms with Crippen LogP contribution >= 0.6 is 0 Å². The molecule has 5 heteroatoms. The number of halogens is 1. The standard InChI is InChI=1S/C19H24FN3O/c1-14(2)12-21-13-18(24)23-10-9-22-8-4-7-17(22)19(23)15-5-3-6-16(20)11-15/h3-8,11,14,19,21H,9-10,12-13H2,1-2H3. The number of hydrogen-bond acceptors (Lipinski definition) is 2. The Hall–Kier alpha value is -2.14. The summed E-state index contributed by atoms with van der Waals surface area (Å²) in [5.74, 6) is 0.272. The number of amides is 1. The molecule has 1 aliphatic rings. The smallest absolute Gasteiger partial charge is 0.237 e. The third-order valence-corrected chi connectivity index (χ3v) is 4.35. The van der Waals surface area contributed by atoms with Gasteiger partial charge in [0.25, 0.3) is 0 Å². The van der Waals surface area contributed by atoms with E-state index in [-0.39, 0.29) is 17.8 Å². The van der Waals surface area contributed by atoms with Crippen LogP contribution in [0.1, 0.15) is 31.1 Å². The van der Waals surface area contributed by atoms with Crippen LogP contribution in [0.4, 0.5) is 4.39 Å². The van der Waals surface area contributed by atoms with Crippen LogP contribution in [0.3, 0.4) is 0 Å². The predicted molar refractivity (Wildman–Crippen MR) is 92.1 cm³/mol. The van der Waals surface area contributed by atoms with Crippen molar-refractivity contribution in [3.63, 3.8) is 0 Å². The molecule has 2 heterocycles. The lowest BCUT2D eigenvalue weighted by Crippen LogP contribution is -2.46. The fourth-order valence-corrected chi connectivity index (χ4v) is 3.25. The second kappa shape index (κ2) is 7.18. The van der Waals surface area contributed by atoms with E-state index in [2.05, 4.69) is 23.7 Å². The summed E-state index contributed by atoms with van der Waals surface area (Å²) in [6.07, 6.45) is 2.01. The summed E-state index contributed by atoms with van der Waals surface area (Å²) in [5, 5.41) is 3.21. The molecule has 0 spiro atoms. The first-order chi connectivity index (χ1) is 11.6. The van der Waals surface area contributed by atoms with E-state index in [0.29, 0.717) is 19.0 Å². The van der Waals surface area contributed by atoms with Gasteiger partial charge >= 0.3 is 0 Å². The lowest BCUT2D eigenvalue weighted by Gasteiger charge is -2.37. The van der Waals surface area contributed by atoms with Crippen molar-refractivity contribution in [1.82, 2.24) is 14.8 Å². The molecule has 0 radical (unpaired) electrons. The van der Waals surface area contributed by atoms with Gasteiger partial charge in [0.2, 0.25) is 5.91 Å². The number of carbonyl (C=O) groups is 1. The Balaban J connectivity index is 1.86. The van der Waals surface area contributed by atoms with Crippen molar-refractivity contribution >= 4 is 5.91 Å². The van der Waals surface area contributed by atoms with Crippen LogP contribution in [0.15, 0.2) is 42.6 Å². The van der Waals surface area contributed by atoms with Crippen molar-refractivity contribution < 1.29 is 9.18 Å². The van der Waals surface area contributed by atoms with Crippen molar-refractivity contribution in [3.05, 3.63) is 59.7 Å². The van der Waals surface area contributed by atoms with Gasteiger partial charge in [0.1, 0.15) is 5.82 Å². The van der Waals surface area contributed by atoms with Crippen LogP contribution in [-0.4, -0.2) is 35.0 Å². The fourth-order valence-electron chi connectivity index (χ4n) is 3.25. The Bertz CT molecular complexity index is 710. The average molecular weight is 329 g/mol. The zero-order chi connectivity index (χ0) is 17.1. The van der Waals surface area contributed by atoms with E-state index in [4.69, 9.17) is 0 Å². The molecule has 24 heavy (non-hydrogen) atoms. The maximum absolute atomic E-state index is 13.7. The maximum Gasteiger partial charge on any atom is 0.237 e. The van der Waals surface area contributed by atoms with Gasteiger partial charge in [-0.05, 0) is 42.3 Å². The van der Waals surface area contributed by atoms with Gasteiger partial charge in [0.05, 0.1) is 12.6 Å². The van der Waals surface area contributed by atoms with Gasteiger partial charge in [0.15, 0.2) is 0 Å². The minimum absolute atomic E-state index is 0.0531. The molecule has 3 rings (SSSR count). The highest BCUT2D eigenvalue weighted by Crippen LogP contribution is 2.32. The second-order valence-corrected chi connectivity index (χ2v) is 6.70. The van der Waals surface area contributed by atoms with Gasteiger partial charge in [-0.1, -0.05) is 26.0 Å². The third-order valence-electron chi connectivity index (χ3n) is 4.35. The molecule has 1 atom stereocenters. The number of nitrogens with zero attached hydrogens (tertiary/aromatic N) is 2. The summed E-state index contributed by atoms with van der Waals surface area (Å²) in [7, 11) is 0. The molecule has 1 aliphatic heterocycles. The number of rotatable bonds is 5. The number of nitrogens with one attached hydrogen (secondary N) is 1. The van der Waals surface area contributed by atoms with Crippen LogP contribution in [-0.2, 0) is 11.3 Å². The molecule has 1 unspecified atom stereocenters. The highest BCUT2D eigenvalue weighted by Gasteiger charge is 2.31. The summed E-state index contributed by atoms with van der Waals surface area (Å²) in [4.78, 5) is 14.6. The number of benzene rings is 1. The van der Waals surface area contributed by atoms with Gasteiger partial charge in [-0.15, -0.1) is 0 Å².